The second-order valence-electron chi connectivity index (χ2n) is 6.44. The third kappa shape index (κ3) is 4.08. The van der Waals surface area contributed by atoms with E-state index in [0.717, 1.165) is 31.6 Å². The molecule has 0 spiro atoms. The van der Waals surface area contributed by atoms with E-state index in [9.17, 15) is 9.90 Å². The molecule has 0 aromatic heterocycles. The van der Waals surface area contributed by atoms with Gasteiger partial charge in [0.1, 0.15) is 0 Å². The number of benzene rings is 1. The monoisotopic (exact) mass is 304 g/mol. The minimum Gasteiger partial charge on any atom is -0.396 e. The molecule has 1 saturated heterocycles. The summed E-state index contributed by atoms with van der Waals surface area (Å²) >= 11 is 0. The number of nitrogens with zero attached hydrogens (tertiary/aromatic N) is 2. The number of hydrogen-bond acceptors (Lipinski definition) is 3. The highest BCUT2D eigenvalue weighted by Gasteiger charge is 2.26. The predicted molar refractivity (Wildman–Crippen MR) is 88.8 cm³/mol. The summed E-state index contributed by atoms with van der Waals surface area (Å²) in [4.78, 5) is 16.7. The molecule has 1 fully saturated rings. The van der Waals surface area contributed by atoms with Crippen molar-refractivity contribution in [1.29, 1.82) is 0 Å². The van der Waals surface area contributed by atoms with Crippen LogP contribution in [-0.2, 0) is 6.54 Å². The molecule has 1 heterocycles. The van der Waals surface area contributed by atoms with Gasteiger partial charge in [-0.3, -0.25) is 9.69 Å². The highest BCUT2D eigenvalue weighted by molar-refractivity contribution is 5.94. The molecular weight excluding hydrogens is 276 g/mol. The molecule has 1 aromatic carbocycles. The van der Waals surface area contributed by atoms with Crippen LogP contribution in [0.4, 0.5) is 0 Å². The van der Waals surface area contributed by atoms with Gasteiger partial charge in [0.05, 0.1) is 0 Å². The summed E-state index contributed by atoms with van der Waals surface area (Å²) in [7, 11) is 0. The molecule has 1 aromatic rings. The first-order chi connectivity index (χ1) is 10.5. The van der Waals surface area contributed by atoms with Crippen LogP contribution in [0.3, 0.4) is 0 Å². The molecular formula is C18H28N2O2. The van der Waals surface area contributed by atoms with Crippen LogP contribution in [0.1, 0.15) is 43.1 Å². The lowest BCUT2D eigenvalue weighted by Crippen LogP contribution is -2.30. The second kappa shape index (κ2) is 7.75. The van der Waals surface area contributed by atoms with Crippen LogP contribution in [0, 0.1) is 5.92 Å². The molecule has 1 N–H and O–H groups in total. The zero-order valence-electron chi connectivity index (χ0n) is 14.0. The van der Waals surface area contributed by atoms with Crippen molar-refractivity contribution in [3.05, 3.63) is 35.4 Å². The first-order valence-electron chi connectivity index (χ1n) is 8.28. The smallest absolute Gasteiger partial charge is 0.253 e. The molecule has 1 aliphatic rings. The second-order valence-corrected chi connectivity index (χ2v) is 6.44. The van der Waals surface area contributed by atoms with Gasteiger partial charge >= 0.3 is 0 Å². The van der Waals surface area contributed by atoms with E-state index in [2.05, 4.69) is 37.8 Å². The van der Waals surface area contributed by atoms with Crippen molar-refractivity contribution in [2.24, 2.45) is 5.92 Å². The number of likely N-dealkylation sites (tertiary alicyclic amines) is 1. The Hall–Kier alpha value is -1.39. The Kier molecular flexibility index (Phi) is 5.98. The molecule has 22 heavy (non-hydrogen) atoms. The number of aliphatic hydroxyl groups is 1. The fourth-order valence-electron chi connectivity index (χ4n) is 3.00. The van der Waals surface area contributed by atoms with Gasteiger partial charge in [-0.25, -0.2) is 0 Å². The molecule has 4 nitrogen and oxygen atoms in total. The van der Waals surface area contributed by atoms with Gasteiger partial charge in [0.25, 0.3) is 5.91 Å². The zero-order valence-corrected chi connectivity index (χ0v) is 14.0. The normalized spacial score (nSPS) is 18.5. The van der Waals surface area contributed by atoms with Crippen LogP contribution in [0.5, 0.6) is 0 Å². The van der Waals surface area contributed by atoms with Crippen LogP contribution in [0.2, 0.25) is 0 Å². The minimum absolute atomic E-state index is 0.0821. The van der Waals surface area contributed by atoms with Gasteiger partial charge in [-0.1, -0.05) is 19.1 Å². The number of carbonyl (C=O) groups is 1. The summed E-state index contributed by atoms with van der Waals surface area (Å²) in [5.41, 5.74) is 1.98. The zero-order chi connectivity index (χ0) is 16.1. The number of hydrogen-bond donors (Lipinski definition) is 1. The van der Waals surface area contributed by atoms with E-state index in [4.69, 9.17) is 0 Å². The summed E-state index contributed by atoms with van der Waals surface area (Å²) < 4.78 is 0. The summed E-state index contributed by atoms with van der Waals surface area (Å²) in [5.74, 6) is 0.325. The van der Waals surface area contributed by atoms with Gasteiger partial charge < -0.3 is 10.0 Å². The quantitative estimate of drug-likeness (QED) is 0.877. The molecule has 4 heteroatoms. The van der Waals surface area contributed by atoms with Gasteiger partial charge in [0.2, 0.25) is 0 Å². The lowest BCUT2D eigenvalue weighted by atomic mass is 10.1. The van der Waals surface area contributed by atoms with Crippen LogP contribution >= 0.6 is 0 Å². The van der Waals surface area contributed by atoms with Crippen LogP contribution in [-0.4, -0.2) is 53.1 Å². The first kappa shape index (κ1) is 17.0. The number of aliphatic hydroxyl groups excluding tert-OH is 1. The molecule has 1 atom stereocenters. The van der Waals surface area contributed by atoms with Crippen molar-refractivity contribution >= 4 is 5.91 Å². The standard InChI is InChI=1S/C18H28N2O2/c1-4-19(14(2)3)11-15-5-7-17(8-6-15)18(22)20-10-9-16(12-20)13-21/h5-8,14,16,21H,4,9-13H2,1-3H3/t16-/m1/s1. The van der Waals surface area contributed by atoms with Crippen molar-refractivity contribution in [1.82, 2.24) is 9.80 Å². The number of carbonyl (C=O) groups excluding carboxylic acids is 1. The molecule has 1 amide bonds. The van der Waals surface area contributed by atoms with Gasteiger partial charge in [0, 0.05) is 43.8 Å². The van der Waals surface area contributed by atoms with Crippen molar-refractivity contribution in [3.63, 3.8) is 0 Å². The molecule has 1 aliphatic heterocycles. The third-order valence-electron chi connectivity index (χ3n) is 4.55. The van der Waals surface area contributed by atoms with Crippen molar-refractivity contribution in [2.75, 3.05) is 26.2 Å². The van der Waals surface area contributed by atoms with Crippen LogP contribution in [0.15, 0.2) is 24.3 Å². The van der Waals surface area contributed by atoms with Crippen LogP contribution in [0.25, 0.3) is 0 Å². The lowest BCUT2D eigenvalue weighted by Gasteiger charge is -2.24. The maximum atomic E-state index is 12.4. The molecule has 0 aliphatic carbocycles. The average Bonchev–Trinajstić information content (AvgIpc) is 3.01. The molecule has 0 radical (unpaired) electrons. The fraction of sp³-hybridized carbons (Fsp3) is 0.611. The molecule has 0 unspecified atom stereocenters. The molecule has 0 bridgehead atoms. The van der Waals surface area contributed by atoms with E-state index in [-0.39, 0.29) is 18.4 Å². The van der Waals surface area contributed by atoms with E-state index in [0.29, 0.717) is 12.6 Å². The Labute approximate surface area is 133 Å². The minimum atomic E-state index is 0.0821. The van der Waals surface area contributed by atoms with E-state index in [1.807, 2.05) is 17.0 Å². The van der Waals surface area contributed by atoms with Gasteiger partial charge in [-0.05, 0) is 44.5 Å². The van der Waals surface area contributed by atoms with Crippen molar-refractivity contribution < 1.29 is 9.90 Å². The Morgan fingerprint density at radius 2 is 2.05 bits per heavy atom. The maximum absolute atomic E-state index is 12.4. The Balaban J connectivity index is 1.98. The predicted octanol–water partition coefficient (Wildman–Crippen LogP) is 2.37. The van der Waals surface area contributed by atoms with Gasteiger partial charge in [-0.2, -0.15) is 0 Å². The van der Waals surface area contributed by atoms with Gasteiger partial charge in [0.15, 0.2) is 0 Å². The molecule has 122 valence electrons. The largest absolute Gasteiger partial charge is 0.396 e. The Bertz CT molecular complexity index is 484. The fourth-order valence-corrected chi connectivity index (χ4v) is 3.00. The van der Waals surface area contributed by atoms with E-state index in [1.54, 1.807) is 0 Å². The average molecular weight is 304 g/mol. The van der Waals surface area contributed by atoms with E-state index >= 15 is 0 Å². The Morgan fingerprint density at radius 3 is 2.55 bits per heavy atom. The summed E-state index contributed by atoms with van der Waals surface area (Å²) in [6, 6.07) is 8.48. The van der Waals surface area contributed by atoms with Crippen LogP contribution < -0.4 is 0 Å². The summed E-state index contributed by atoms with van der Waals surface area (Å²) in [6.07, 6.45) is 0.903. The van der Waals surface area contributed by atoms with E-state index < -0.39 is 0 Å². The summed E-state index contributed by atoms with van der Waals surface area (Å²) in [5, 5.41) is 9.18. The van der Waals surface area contributed by atoms with Crippen molar-refractivity contribution in [2.45, 2.75) is 39.8 Å². The lowest BCUT2D eigenvalue weighted by molar-refractivity contribution is 0.0782. The number of amides is 1. The summed E-state index contributed by atoms with van der Waals surface area (Å²) in [6.45, 7) is 10.1. The Morgan fingerprint density at radius 1 is 1.36 bits per heavy atom. The van der Waals surface area contributed by atoms with Gasteiger partial charge in [-0.15, -0.1) is 0 Å². The SMILES string of the molecule is CCN(Cc1ccc(C(=O)N2CC[C@@H](CO)C2)cc1)C(C)C. The van der Waals surface area contributed by atoms with E-state index in [1.165, 1.54) is 5.56 Å². The highest BCUT2D eigenvalue weighted by Crippen LogP contribution is 2.19. The topological polar surface area (TPSA) is 43.8 Å². The first-order valence-corrected chi connectivity index (χ1v) is 8.28. The highest BCUT2D eigenvalue weighted by atomic mass is 16.3. The number of rotatable bonds is 6. The molecule has 2 rings (SSSR count). The maximum Gasteiger partial charge on any atom is 0.253 e. The third-order valence-corrected chi connectivity index (χ3v) is 4.55. The van der Waals surface area contributed by atoms with Crippen molar-refractivity contribution in [3.8, 4) is 0 Å². The molecule has 0 saturated carbocycles.